The van der Waals surface area contributed by atoms with E-state index in [2.05, 4.69) is 37.4 Å². The number of esters is 2. The second-order valence-corrected chi connectivity index (χ2v) is 16.8. The molecule has 328 valence electrons. The van der Waals surface area contributed by atoms with Gasteiger partial charge in [0.15, 0.2) is 6.10 Å². The molecular formula is C44H81O11P. The van der Waals surface area contributed by atoms with Gasteiger partial charge in [0.25, 0.3) is 0 Å². The van der Waals surface area contributed by atoms with Gasteiger partial charge < -0.3 is 29.7 Å². The number of aliphatic hydroxyl groups is 3. The summed E-state index contributed by atoms with van der Waals surface area (Å²) in [6, 6.07) is 0. The largest absolute Gasteiger partial charge is 0.472 e. The highest BCUT2D eigenvalue weighted by atomic mass is 31.2. The molecule has 56 heavy (non-hydrogen) atoms. The van der Waals surface area contributed by atoms with Gasteiger partial charge >= 0.3 is 19.8 Å². The van der Waals surface area contributed by atoms with Gasteiger partial charge in [0.2, 0.25) is 0 Å². The lowest BCUT2D eigenvalue weighted by Crippen LogP contribution is -2.29. The van der Waals surface area contributed by atoms with Gasteiger partial charge in [-0.05, 0) is 38.0 Å². The molecule has 2 unspecified atom stereocenters. The minimum Gasteiger partial charge on any atom is -0.462 e. The zero-order valence-electron chi connectivity index (χ0n) is 35.4. The fourth-order valence-corrected chi connectivity index (χ4v) is 6.74. The summed E-state index contributed by atoms with van der Waals surface area (Å²) in [6.45, 7) is 4.48. The first-order valence-corrected chi connectivity index (χ1v) is 23.4. The first kappa shape index (κ1) is 54.2. The van der Waals surface area contributed by atoms with Crippen LogP contribution >= 0.6 is 7.82 Å². The molecule has 0 fully saturated rings. The molecule has 0 aliphatic rings. The van der Waals surface area contributed by atoms with E-state index < -0.39 is 57.9 Å². The molecule has 0 amide bonds. The Hall–Kier alpha value is -1.85. The highest BCUT2D eigenvalue weighted by Gasteiger charge is 2.27. The normalized spacial score (nSPS) is 14.9. The summed E-state index contributed by atoms with van der Waals surface area (Å²) in [5.41, 5.74) is 0. The average Bonchev–Trinajstić information content (AvgIpc) is 3.16. The van der Waals surface area contributed by atoms with Gasteiger partial charge in [-0.25, -0.2) is 4.57 Å². The van der Waals surface area contributed by atoms with E-state index in [0.717, 1.165) is 63.7 Å². The molecule has 0 saturated heterocycles. The molecular weight excluding hydrogens is 735 g/mol. The number of carbonyl (C=O) groups is 2. The lowest BCUT2D eigenvalue weighted by Gasteiger charge is -2.20. The third kappa shape index (κ3) is 39.0. The van der Waals surface area contributed by atoms with Crippen LogP contribution in [0.25, 0.3) is 0 Å². The first-order chi connectivity index (χ1) is 27.0. The lowest BCUT2D eigenvalue weighted by molar-refractivity contribution is -0.161. The fraction of sp³-hybridized carbons (Fsp3) is 0.818. The average molecular weight is 817 g/mol. The molecule has 0 spiro atoms. The van der Waals surface area contributed by atoms with Crippen molar-refractivity contribution in [3.05, 3.63) is 36.5 Å². The first-order valence-electron chi connectivity index (χ1n) is 21.9. The van der Waals surface area contributed by atoms with Crippen molar-refractivity contribution in [2.75, 3.05) is 26.4 Å². The lowest BCUT2D eigenvalue weighted by atomic mass is 10.0. The van der Waals surface area contributed by atoms with Crippen LogP contribution < -0.4 is 0 Å². The maximum Gasteiger partial charge on any atom is 0.472 e. The number of hydrogen-bond donors (Lipinski definition) is 4. The Labute approximate surface area is 340 Å². The van der Waals surface area contributed by atoms with Crippen molar-refractivity contribution in [2.45, 2.75) is 200 Å². The van der Waals surface area contributed by atoms with E-state index in [1.807, 2.05) is 18.2 Å². The number of ether oxygens (including phenoxy) is 2. The smallest absolute Gasteiger partial charge is 0.462 e. The minimum absolute atomic E-state index is 0.115. The topological polar surface area (TPSA) is 169 Å². The Balaban J connectivity index is 4.35. The number of phosphoric acid groups is 1. The van der Waals surface area contributed by atoms with Gasteiger partial charge in [-0.15, -0.1) is 0 Å². The van der Waals surface area contributed by atoms with E-state index in [1.54, 1.807) is 6.08 Å². The van der Waals surface area contributed by atoms with E-state index in [4.69, 9.17) is 19.1 Å². The molecule has 0 aliphatic carbocycles. The van der Waals surface area contributed by atoms with Crippen LogP contribution in [0.2, 0.25) is 0 Å². The predicted octanol–water partition coefficient (Wildman–Crippen LogP) is 10.4. The summed E-state index contributed by atoms with van der Waals surface area (Å²) in [7, 11) is -4.64. The van der Waals surface area contributed by atoms with E-state index in [9.17, 15) is 29.3 Å². The number of carbonyl (C=O) groups excluding carboxylic acids is 2. The summed E-state index contributed by atoms with van der Waals surface area (Å²) in [5.74, 6) is -0.179. The van der Waals surface area contributed by atoms with Crippen molar-refractivity contribution < 1.29 is 52.9 Å². The van der Waals surface area contributed by atoms with Crippen molar-refractivity contribution in [1.29, 1.82) is 0 Å². The summed E-state index contributed by atoms with van der Waals surface area (Å²) < 4.78 is 32.7. The molecule has 0 radical (unpaired) electrons. The van der Waals surface area contributed by atoms with Crippen LogP contribution in [0.15, 0.2) is 36.5 Å². The Kier molecular flexibility index (Phi) is 37.4. The number of unbranched alkanes of at least 4 members (excludes halogenated alkanes) is 17. The molecule has 0 aromatic rings. The van der Waals surface area contributed by atoms with Crippen molar-refractivity contribution in [2.24, 2.45) is 5.92 Å². The second-order valence-electron chi connectivity index (χ2n) is 15.4. The number of allylic oxidation sites excluding steroid dienone is 5. The van der Waals surface area contributed by atoms with Gasteiger partial charge in [-0.2, -0.15) is 0 Å². The maximum atomic E-state index is 12.6. The van der Waals surface area contributed by atoms with Gasteiger partial charge in [0, 0.05) is 12.8 Å². The molecule has 0 saturated carbocycles. The molecule has 11 nitrogen and oxygen atoms in total. The summed E-state index contributed by atoms with van der Waals surface area (Å²) in [5, 5.41) is 28.5. The van der Waals surface area contributed by atoms with Crippen LogP contribution in [-0.4, -0.2) is 76.9 Å². The van der Waals surface area contributed by atoms with Crippen molar-refractivity contribution >= 4 is 19.8 Å². The molecule has 12 heteroatoms. The monoisotopic (exact) mass is 817 g/mol. The van der Waals surface area contributed by atoms with Crippen LogP contribution in [0.5, 0.6) is 0 Å². The Morgan fingerprint density at radius 1 is 0.625 bits per heavy atom. The van der Waals surface area contributed by atoms with Crippen LogP contribution in [-0.2, 0) is 32.7 Å². The fourth-order valence-electron chi connectivity index (χ4n) is 5.95. The van der Waals surface area contributed by atoms with Crippen LogP contribution in [0, 0.1) is 5.92 Å². The maximum absolute atomic E-state index is 12.6. The second kappa shape index (κ2) is 38.7. The Bertz CT molecular complexity index is 1060. The van der Waals surface area contributed by atoms with Gasteiger partial charge in [0.05, 0.1) is 25.9 Å². The highest BCUT2D eigenvalue weighted by Crippen LogP contribution is 2.43. The van der Waals surface area contributed by atoms with Gasteiger partial charge in [0.1, 0.15) is 12.7 Å². The number of phosphoric ester groups is 1. The van der Waals surface area contributed by atoms with Gasteiger partial charge in [-0.1, -0.05) is 173 Å². The zero-order chi connectivity index (χ0) is 41.5. The number of aliphatic hydroxyl groups excluding tert-OH is 3. The van der Waals surface area contributed by atoms with E-state index in [0.29, 0.717) is 19.3 Å². The van der Waals surface area contributed by atoms with Crippen LogP contribution in [0.3, 0.4) is 0 Å². The molecule has 4 atom stereocenters. The highest BCUT2D eigenvalue weighted by molar-refractivity contribution is 7.47. The number of hydrogen-bond acceptors (Lipinski definition) is 10. The minimum atomic E-state index is -4.64. The molecule has 0 aromatic heterocycles. The van der Waals surface area contributed by atoms with Gasteiger partial charge in [-0.3, -0.25) is 18.6 Å². The van der Waals surface area contributed by atoms with Crippen molar-refractivity contribution in [3.8, 4) is 0 Å². The molecule has 0 heterocycles. The summed E-state index contributed by atoms with van der Waals surface area (Å²) in [4.78, 5) is 35.0. The Morgan fingerprint density at radius 3 is 1.66 bits per heavy atom. The molecule has 0 rings (SSSR count). The molecule has 0 aromatic carbocycles. The van der Waals surface area contributed by atoms with E-state index in [-0.39, 0.29) is 19.4 Å². The van der Waals surface area contributed by atoms with Crippen LogP contribution in [0.1, 0.15) is 181 Å². The number of rotatable bonds is 40. The molecule has 0 bridgehead atoms. The SMILES string of the molecule is CC/C=C/C/C=C/C=C/C(O)CCCCCCCC(=O)O[C@H](COC(=O)CCCCCCCCCCCCCCCCC(C)C)COP(=O)(O)OC[C@@H](O)CO. The van der Waals surface area contributed by atoms with E-state index >= 15 is 0 Å². The van der Waals surface area contributed by atoms with Crippen LogP contribution in [0.4, 0.5) is 0 Å². The molecule has 0 aliphatic heterocycles. The standard InChI is InChI=1S/C44H81O11P/c1-4-5-6-7-16-21-26-31-40(46)32-27-22-19-24-29-34-44(49)55-42(38-54-56(50,51)53-36-41(47)35-45)37-52-43(48)33-28-23-18-15-13-11-9-8-10-12-14-17-20-25-30-39(2)3/h5-6,16,21,26,31,39-42,45-47H,4,7-15,17-20,22-25,27-30,32-38H2,1-3H3,(H,50,51)/b6-5+,21-16+,31-26+/t40?,41-,42+/m0/s1. The molecule has 4 N–H and O–H groups in total. The Morgan fingerprint density at radius 2 is 1.12 bits per heavy atom. The third-order valence-electron chi connectivity index (χ3n) is 9.34. The van der Waals surface area contributed by atoms with Crippen molar-refractivity contribution in [3.63, 3.8) is 0 Å². The third-order valence-corrected chi connectivity index (χ3v) is 10.3. The quantitative estimate of drug-likeness (QED) is 0.0153. The van der Waals surface area contributed by atoms with Crippen molar-refractivity contribution in [1.82, 2.24) is 0 Å². The zero-order valence-corrected chi connectivity index (χ0v) is 36.3. The summed E-state index contributed by atoms with van der Waals surface area (Å²) in [6.07, 6.45) is 34.2. The van der Waals surface area contributed by atoms with E-state index in [1.165, 1.54) is 70.6 Å². The summed E-state index contributed by atoms with van der Waals surface area (Å²) >= 11 is 0. The predicted molar refractivity (Wildman–Crippen MR) is 225 cm³/mol.